The van der Waals surface area contributed by atoms with Crippen molar-refractivity contribution in [3.05, 3.63) is 77.9 Å². The minimum atomic E-state index is -3.86. The van der Waals surface area contributed by atoms with Gasteiger partial charge >= 0.3 is 0 Å². The van der Waals surface area contributed by atoms with E-state index in [0.29, 0.717) is 22.9 Å². The highest BCUT2D eigenvalue weighted by Gasteiger charge is 2.25. The van der Waals surface area contributed by atoms with Gasteiger partial charge in [-0.2, -0.15) is 0 Å². The minimum Gasteiger partial charge on any atom is -0.497 e. The lowest BCUT2D eigenvalue weighted by Crippen LogP contribution is -2.37. The third-order valence-electron chi connectivity index (χ3n) is 6.70. The summed E-state index contributed by atoms with van der Waals surface area (Å²) in [7, 11) is -0.876. The van der Waals surface area contributed by atoms with Gasteiger partial charge in [0.2, 0.25) is 5.91 Å². The van der Waals surface area contributed by atoms with Crippen LogP contribution in [-0.4, -0.2) is 46.5 Å². The minimum absolute atomic E-state index is 0.0350. The number of sulfonamides is 1. The molecule has 1 aliphatic rings. The average Bonchev–Trinajstić information content (AvgIpc) is 2.90. The molecule has 4 rings (SSSR count). The molecule has 37 heavy (non-hydrogen) atoms. The van der Waals surface area contributed by atoms with Gasteiger partial charge in [0, 0.05) is 24.2 Å². The highest BCUT2D eigenvalue weighted by atomic mass is 32.2. The van der Waals surface area contributed by atoms with Crippen molar-refractivity contribution in [2.45, 2.75) is 31.2 Å². The third kappa shape index (κ3) is 6.61. The van der Waals surface area contributed by atoms with Crippen molar-refractivity contribution in [2.24, 2.45) is 5.92 Å². The summed E-state index contributed by atoms with van der Waals surface area (Å²) >= 11 is 0. The first-order chi connectivity index (χ1) is 17.8. The summed E-state index contributed by atoms with van der Waals surface area (Å²) in [6.45, 7) is 4.75. The van der Waals surface area contributed by atoms with E-state index in [1.54, 1.807) is 30.3 Å². The highest BCUT2D eigenvalue weighted by molar-refractivity contribution is 7.92. The molecule has 0 radical (unpaired) electrons. The Morgan fingerprint density at radius 2 is 1.68 bits per heavy atom. The Hall–Kier alpha value is -3.56. The monoisotopic (exact) mass is 523 g/mol. The van der Waals surface area contributed by atoms with Crippen LogP contribution in [0.25, 0.3) is 0 Å². The number of amides is 1. The summed E-state index contributed by atoms with van der Waals surface area (Å²) in [5.41, 5.74) is 3.47. The van der Waals surface area contributed by atoms with Crippen LogP contribution in [0.15, 0.2) is 71.6 Å². The number of likely N-dealkylation sites (tertiary alicyclic amines) is 1. The molecule has 1 amide bonds. The van der Waals surface area contributed by atoms with Crippen molar-refractivity contribution in [2.75, 3.05) is 37.3 Å². The summed E-state index contributed by atoms with van der Waals surface area (Å²) < 4.78 is 38.8. The fraction of sp³-hybridized carbons (Fsp3) is 0.321. The van der Waals surface area contributed by atoms with E-state index in [1.165, 1.54) is 37.5 Å². The molecule has 0 aromatic heterocycles. The number of aryl methyl sites for hydroxylation is 1. The number of methoxy groups -OCH3 is 2. The molecule has 196 valence electrons. The molecule has 0 unspecified atom stereocenters. The van der Waals surface area contributed by atoms with E-state index in [0.717, 1.165) is 32.5 Å². The molecule has 3 aromatic carbocycles. The van der Waals surface area contributed by atoms with Gasteiger partial charge in [-0.15, -0.1) is 0 Å². The topological polar surface area (TPSA) is 97.0 Å². The van der Waals surface area contributed by atoms with E-state index in [4.69, 9.17) is 9.47 Å². The van der Waals surface area contributed by atoms with Crippen LogP contribution in [0, 0.1) is 12.8 Å². The Bertz CT molecular complexity index is 1330. The summed E-state index contributed by atoms with van der Waals surface area (Å²) in [6, 6.07) is 19.4. The Balaban J connectivity index is 1.32. The maximum atomic E-state index is 12.9. The third-order valence-corrected chi connectivity index (χ3v) is 8.08. The second-order valence-corrected chi connectivity index (χ2v) is 10.8. The van der Waals surface area contributed by atoms with Gasteiger partial charge in [0.15, 0.2) is 0 Å². The molecular weight excluding hydrogens is 490 g/mol. The number of hydrogen-bond donors (Lipinski definition) is 2. The molecular formula is C28H33N3O5S. The van der Waals surface area contributed by atoms with E-state index in [1.807, 2.05) is 6.07 Å². The number of nitrogens with zero attached hydrogens (tertiary/aromatic N) is 1. The number of ether oxygens (including phenoxy) is 2. The van der Waals surface area contributed by atoms with Crippen molar-refractivity contribution in [1.82, 2.24) is 4.90 Å². The standard InChI is InChI=1S/C28H33N3O5S/c1-20-6-4-5-7-22(20)19-31-16-14-21(15-17-31)28(32)29-23-8-11-25(12-9-23)37(33,34)30-26-13-10-24(35-2)18-27(26)36-3/h4-13,18,21,30H,14-17,19H2,1-3H3,(H,29,32). The van der Waals surface area contributed by atoms with Gasteiger partial charge in [-0.3, -0.25) is 14.4 Å². The summed E-state index contributed by atoms with van der Waals surface area (Å²) in [4.78, 5) is 15.3. The molecule has 8 nitrogen and oxygen atoms in total. The first-order valence-electron chi connectivity index (χ1n) is 12.2. The Morgan fingerprint density at radius 1 is 0.973 bits per heavy atom. The Kier molecular flexibility index (Phi) is 8.35. The largest absolute Gasteiger partial charge is 0.497 e. The number of benzene rings is 3. The van der Waals surface area contributed by atoms with Crippen molar-refractivity contribution >= 4 is 27.3 Å². The molecule has 1 fully saturated rings. The molecule has 0 spiro atoms. The first-order valence-corrected chi connectivity index (χ1v) is 13.7. The van der Waals surface area contributed by atoms with Crippen LogP contribution >= 0.6 is 0 Å². The van der Waals surface area contributed by atoms with Crippen LogP contribution in [-0.2, 0) is 21.4 Å². The number of piperidine rings is 1. The van der Waals surface area contributed by atoms with E-state index in [-0.39, 0.29) is 16.7 Å². The van der Waals surface area contributed by atoms with Crippen molar-refractivity contribution in [3.63, 3.8) is 0 Å². The fourth-order valence-electron chi connectivity index (χ4n) is 4.43. The zero-order valence-corrected chi connectivity index (χ0v) is 22.2. The SMILES string of the molecule is COc1ccc(NS(=O)(=O)c2ccc(NC(=O)C3CCN(Cc4ccccc4C)CC3)cc2)c(OC)c1. The summed E-state index contributed by atoms with van der Waals surface area (Å²) in [5, 5.41) is 2.94. The van der Waals surface area contributed by atoms with Crippen LogP contribution in [0.4, 0.5) is 11.4 Å². The van der Waals surface area contributed by atoms with E-state index in [9.17, 15) is 13.2 Å². The molecule has 0 aliphatic carbocycles. The van der Waals surface area contributed by atoms with Crippen molar-refractivity contribution in [1.29, 1.82) is 0 Å². The predicted molar refractivity (Wildman–Crippen MR) is 145 cm³/mol. The molecule has 0 saturated carbocycles. The Morgan fingerprint density at radius 3 is 2.32 bits per heavy atom. The van der Waals surface area contributed by atoms with Gasteiger partial charge in [-0.05, 0) is 80.4 Å². The number of hydrogen-bond acceptors (Lipinski definition) is 6. The fourth-order valence-corrected chi connectivity index (χ4v) is 5.50. The number of carbonyl (C=O) groups excluding carboxylic acids is 1. The quantitative estimate of drug-likeness (QED) is 0.423. The lowest BCUT2D eigenvalue weighted by molar-refractivity contribution is -0.121. The zero-order chi connectivity index (χ0) is 26.4. The van der Waals surface area contributed by atoms with E-state index in [2.05, 4.69) is 40.1 Å². The number of anilines is 2. The molecule has 1 heterocycles. The Labute approximate surface area is 218 Å². The van der Waals surface area contributed by atoms with Gasteiger partial charge in [-0.25, -0.2) is 8.42 Å². The van der Waals surface area contributed by atoms with Gasteiger partial charge in [0.25, 0.3) is 10.0 Å². The first kappa shape index (κ1) is 26.5. The summed E-state index contributed by atoms with van der Waals surface area (Å²) in [6.07, 6.45) is 1.58. The van der Waals surface area contributed by atoms with Crippen LogP contribution in [0.1, 0.15) is 24.0 Å². The van der Waals surface area contributed by atoms with Gasteiger partial charge < -0.3 is 14.8 Å². The van der Waals surface area contributed by atoms with Crippen LogP contribution in [0.2, 0.25) is 0 Å². The van der Waals surface area contributed by atoms with Crippen LogP contribution < -0.4 is 19.5 Å². The number of nitrogens with one attached hydrogen (secondary N) is 2. The van der Waals surface area contributed by atoms with E-state index < -0.39 is 10.0 Å². The van der Waals surface area contributed by atoms with Crippen molar-refractivity contribution < 1.29 is 22.7 Å². The van der Waals surface area contributed by atoms with Gasteiger partial charge in [0.05, 0.1) is 24.8 Å². The average molecular weight is 524 g/mol. The van der Waals surface area contributed by atoms with Gasteiger partial charge in [0.1, 0.15) is 11.5 Å². The lowest BCUT2D eigenvalue weighted by atomic mass is 9.95. The second-order valence-electron chi connectivity index (χ2n) is 9.16. The molecule has 0 bridgehead atoms. The molecule has 1 aliphatic heterocycles. The zero-order valence-electron chi connectivity index (χ0n) is 21.4. The smallest absolute Gasteiger partial charge is 0.262 e. The maximum absolute atomic E-state index is 12.9. The van der Waals surface area contributed by atoms with Crippen molar-refractivity contribution in [3.8, 4) is 11.5 Å². The van der Waals surface area contributed by atoms with Crippen LogP contribution in [0.3, 0.4) is 0 Å². The number of carbonyl (C=O) groups is 1. The molecule has 1 saturated heterocycles. The van der Waals surface area contributed by atoms with E-state index >= 15 is 0 Å². The molecule has 3 aromatic rings. The lowest BCUT2D eigenvalue weighted by Gasteiger charge is -2.31. The summed E-state index contributed by atoms with van der Waals surface area (Å²) in [5.74, 6) is 0.793. The van der Waals surface area contributed by atoms with Crippen LogP contribution in [0.5, 0.6) is 11.5 Å². The highest BCUT2D eigenvalue weighted by Crippen LogP contribution is 2.31. The molecule has 0 atom stereocenters. The maximum Gasteiger partial charge on any atom is 0.262 e. The predicted octanol–water partition coefficient (Wildman–Crippen LogP) is 4.66. The molecule has 9 heteroatoms. The normalized spacial score (nSPS) is 14.7. The molecule has 2 N–H and O–H groups in total. The second kappa shape index (κ2) is 11.7. The van der Waals surface area contributed by atoms with Gasteiger partial charge in [-0.1, -0.05) is 24.3 Å². The number of rotatable bonds is 9.